The van der Waals surface area contributed by atoms with Crippen LogP contribution in [0.3, 0.4) is 0 Å². The number of hydrogen-bond acceptors (Lipinski definition) is 4. The topological polar surface area (TPSA) is 76.4 Å². The first-order chi connectivity index (χ1) is 16.2. The molecule has 2 fully saturated rings. The first-order valence-electron chi connectivity index (χ1n) is 11.9. The number of halogens is 1. The Labute approximate surface area is 205 Å². The largest absolute Gasteiger partial charge is 0.322 e. The third-order valence-corrected chi connectivity index (χ3v) is 7.83. The quantitative estimate of drug-likeness (QED) is 0.704. The molecule has 0 unspecified atom stereocenters. The molecule has 3 aliphatic rings. The van der Waals surface area contributed by atoms with Gasteiger partial charge in [-0.25, -0.2) is 0 Å². The molecule has 7 heteroatoms. The van der Waals surface area contributed by atoms with Gasteiger partial charge in [0.1, 0.15) is 6.04 Å². The van der Waals surface area contributed by atoms with Gasteiger partial charge >= 0.3 is 0 Å². The monoisotopic (exact) mass is 476 g/mol. The van der Waals surface area contributed by atoms with Crippen LogP contribution in [0.4, 0.5) is 5.69 Å². The Kier molecular flexibility index (Phi) is 5.66. The summed E-state index contributed by atoms with van der Waals surface area (Å²) in [5.74, 6) is 0.358. The summed E-state index contributed by atoms with van der Waals surface area (Å²) in [5.41, 5.74) is 3.11. The number of carbonyl (C=O) groups is 2. The van der Waals surface area contributed by atoms with Crippen LogP contribution < -0.4 is 10.2 Å². The predicted molar refractivity (Wildman–Crippen MR) is 132 cm³/mol. The number of carbonyl (C=O) groups excluding carboxylic acids is 2. The lowest BCUT2D eigenvalue weighted by molar-refractivity contribution is -0.131. The normalized spacial score (nSPS) is 25.0. The van der Waals surface area contributed by atoms with Crippen molar-refractivity contribution < 1.29 is 9.59 Å². The van der Waals surface area contributed by atoms with Crippen molar-refractivity contribution in [3.8, 4) is 6.07 Å². The zero-order valence-electron chi connectivity index (χ0n) is 19.7. The SMILES string of the molecule is C[C@@H](CN1C(=O)c2cc(Cl)ccc2C(C)(C)c2ccccc21)NCC(=O)N1[C@H](C#N)C[C@@H]2C[C@@H]21. The second-order valence-electron chi connectivity index (χ2n) is 10.3. The van der Waals surface area contributed by atoms with E-state index in [-0.39, 0.29) is 41.9 Å². The van der Waals surface area contributed by atoms with Crippen LogP contribution in [0.2, 0.25) is 5.02 Å². The van der Waals surface area contributed by atoms with Gasteiger partial charge in [-0.1, -0.05) is 49.7 Å². The number of rotatable bonds is 5. The number of likely N-dealkylation sites (tertiary alicyclic amines) is 1. The molecule has 2 aliphatic heterocycles. The molecule has 34 heavy (non-hydrogen) atoms. The van der Waals surface area contributed by atoms with Gasteiger partial charge in [0.2, 0.25) is 5.91 Å². The molecule has 2 aromatic rings. The van der Waals surface area contributed by atoms with E-state index in [9.17, 15) is 14.9 Å². The Morgan fingerprint density at radius 1 is 1.24 bits per heavy atom. The summed E-state index contributed by atoms with van der Waals surface area (Å²) in [6.07, 6.45) is 1.80. The second kappa shape index (κ2) is 8.41. The fourth-order valence-electron chi connectivity index (χ4n) is 5.68. The first kappa shape index (κ1) is 22.9. The zero-order valence-corrected chi connectivity index (χ0v) is 20.5. The number of amides is 2. The Morgan fingerprint density at radius 2 is 2.00 bits per heavy atom. The fourth-order valence-corrected chi connectivity index (χ4v) is 5.85. The number of nitriles is 1. The van der Waals surface area contributed by atoms with E-state index in [2.05, 4.69) is 31.3 Å². The minimum Gasteiger partial charge on any atom is -0.322 e. The van der Waals surface area contributed by atoms with E-state index in [1.807, 2.05) is 37.3 Å². The number of piperidine rings is 1. The van der Waals surface area contributed by atoms with Crippen LogP contribution in [0.5, 0.6) is 0 Å². The fraction of sp³-hybridized carbons (Fsp3) is 0.444. The predicted octanol–water partition coefficient (Wildman–Crippen LogP) is 4.12. The third kappa shape index (κ3) is 3.77. The average Bonchev–Trinajstić information content (AvgIpc) is 3.50. The highest BCUT2D eigenvalue weighted by atomic mass is 35.5. The van der Waals surface area contributed by atoms with E-state index in [1.165, 1.54) is 0 Å². The first-order valence-corrected chi connectivity index (χ1v) is 12.3. The van der Waals surface area contributed by atoms with E-state index in [1.54, 1.807) is 15.9 Å². The average molecular weight is 477 g/mol. The van der Waals surface area contributed by atoms with Gasteiger partial charge in [0.15, 0.2) is 0 Å². The molecule has 0 spiro atoms. The van der Waals surface area contributed by atoms with Crippen molar-refractivity contribution in [1.29, 1.82) is 5.26 Å². The standard InChI is InChI=1S/C27H29ClN4O2/c1-16(30-14-25(33)32-19(13-29)10-17-11-24(17)32)15-31-23-7-5-4-6-22(23)27(2,3)21-9-8-18(28)12-20(21)26(31)34/h4-9,12,16-17,19,24,30H,10-11,14-15H2,1-3H3/t16-,17+,19-,24-/m0/s1. The Morgan fingerprint density at radius 3 is 2.76 bits per heavy atom. The van der Waals surface area contributed by atoms with Crippen molar-refractivity contribution in [3.05, 3.63) is 64.2 Å². The summed E-state index contributed by atoms with van der Waals surface area (Å²) in [7, 11) is 0. The van der Waals surface area contributed by atoms with Crippen molar-refractivity contribution in [2.45, 2.75) is 57.2 Å². The lowest BCUT2D eigenvalue weighted by Crippen LogP contribution is -2.48. The van der Waals surface area contributed by atoms with Gasteiger partial charge in [0, 0.05) is 40.3 Å². The summed E-state index contributed by atoms with van der Waals surface area (Å²) in [5, 5.41) is 13.2. The van der Waals surface area contributed by atoms with Crippen molar-refractivity contribution in [3.63, 3.8) is 0 Å². The number of nitrogens with one attached hydrogen (secondary N) is 1. The molecule has 4 atom stereocenters. The van der Waals surface area contributed by atoms with Gasteiger partial charge in [-0.05, 0) is 55.0 Å². The number of benzene rings is 2. The molecule has 2 aromatic carbocycles. The van der Waals surface area contributed by atoms with E-state index in [0.717, 1.165) is 29.7 Å². The van der Waals surface area contributed by atoms with Crippen molar-refractivity contribution >= 4 is 29.1 Å². The molecule has 2 amide bonds. The van der Waals surface area contributed by atoms with Gasteiger partial charge in [-0.2, -0.15) is 5.26 Å². The zero-order chi connectivity index (χ0) is 24.2. The minimum atomic E-state index is -0.379. The lowest BCUT2D eigenvalue weighted by Gasteiger charge is -2.30. The van der Waals surface area contributed by atoms with Crippen molar-refractivity contribution in [2.75, 3.05) is 18.0 Å². The van der Waals surface area contributed by atoms with Gasteiger partial charge in [0.25, 0.3) is 5.91 Å². The number of nitrogens with zero attached hydrogens (tertiary/aromatic N) is 3. The number of fused-ring (bicyclic) bond motifs is 3. The maximum Gasteiger partial charge on any atom is 0.258 e. The molecule has 176 valence electrons. The number of anilines is 1. The molecular formula is C27H29ClN4O2. The van der Waals surface area contributed by atoms with Gasteiger partial charge in [-0.3, -0.25) is 9.59 Å². The third-order valence-electron chi connectivity index (χ3n) is 7.60. The van der Waals surface area contributed by atoms with Crippen LogP contribution in [-0.2, 0) is 10.2 Å². The Balaban J connectivity index is 1.38. The molecule has 2 heterocycles. The van der Waals surface area contributed by atoms with Crippen LogP contribution in [0.25, 0.3) is 0 Å². The van der Waals surface area contributed by atoms with Crippen LogP contribution in [0.1, 0.15) is 55.1 Å². The van der Waals surface area contributed by atoms with Crippen LogP contribution in [0, 0.1) is 17.2 Å². The van der Waals surface area contributed by atoms with Crippen molar-refractivity contribution in [2.24, 2.45) is 5.92 Å². The summed E-state index contributed by atoms with van der Waals surface area (Å²) >= 11 is 6.29. The molecule has 6 nitrogen and oxygen atoms in total. The minimum absolute atomic E-state index is 0.0377. The Bertz CT molecular complexity index is 1200. The maximum absolute atomic E-state index is 13.8. The van der Waals surface area contributed by atoms with Crippen LogP contribution in [-0.4, -0.2) is 47.9 Å². The highest BCUT2D eigenvalue weighted by Crippen LogP contribution is 2.47. The molecule has 1 N–H and O–H groups in total. The molecule has 1 saturated heterocycles. The number of hydrogen-bond donors (Lipinski definition) is 1. The van der Waals surface area contributed by atoms with E-state index in [4.69, 9.17) is 11.6 Å². The maximum atomic E-state index is 13.8. The smallest absolute Gasteiger partial charge is 0.258 e. The Hall–Kier alpha value is -2.88. The highest BCUT2D eigenvalue weighted by molar-refractivity contribution is 6.31. The molecule has 0 aromatic heterocycles. The second-order valence-corrected chi connectivity index (χ2v) is 10.7. The van der Waals surface area contributed by atoms with Crippen LogP contribution >= 0.6 is 11.6 Å². The number of para-hydroxylation sites is 1. The summed E-state index contributed by atoms with van der Waals surface area (Å²) in [4.78, 5) is 30.2. The molecular weight excluding hydrogens is 448 g/mol. The molecule has 0 radical (unpaired) electrons. The summed E-state index contributed by atoms with van der Waals surface area (Å²) in [6.45, 7) is 6.79. The van der Waals surface area contributed by atoms with E-state index in [0.29, 0.717) is 23.0 Å². The van der Waals surface area contributed by atoms with Crippen molar-refractivity contribution in [1.82, 2.24) is 10.2 Å². The molecule has 5 rings (SSSR count). The van der Waals surface area contributed by atoms with Crippen LogP contribution in [0.15, 0.2) is 42.5 Å². The molecule has 1 aliphatic carbocycles. The summed E-state index contributed by atoms with van der Waals surface area (Å²) < 4.78 is 0. The molecule has 0 bridgehead atoms. The van der Waals surface area contributed by atoms with Gasteiger partial charge < -0.3 is 15.1 Å². The van der Waals surface area contributed by atoms with E-state index >= 15 is 0 Å². The van der Waals surface area contributed by atoms with E-state index < -0.39 is 0 Å². The van der Waals surface area contributed by atoms with Gasteiger partial charge in [-0.15, -0.1) is 0 Å². The molecule has 1 saturated carbocycles. The van der Waals surface area contributed by atoms with Gasteiger partial charge in [0.05, 0.1) is 12.6 Å². The highest BCUT2D eigenvalue weighted by Gasteiger charge is 2.53. The lowest BCUT2D eigenvalue weighted by atomic mass is 9.76. The summed E-state index contributed by atoms with van der Waals surface area (Å²) in [6, 6.07) is 15.6.